The number of fused-ring (bicyclic) bond motifs is 5. The molecule has 0 saturated carbocycles. The number of nitrogens with one attached hydrogen (secondary N) is 1. The van der Waals surface area contributed by atoms with Gasteiger partial charge in [0.05, 0.1) is 45.4 Å². The molecule has 2 aliphatic heterocycles. The summed E-state index contributed by atoms with van der Waals surface area (Å²) in [5.74, 6) is -0.534. The number of aromatic nitrogens is 2. The van der Waals surface area contributed by atoms with Gasteiger partial charge < -0.3 is 14.6 Å². The number of aryl methyl sites for hydroxylation is 1. The van der Waals surface area contributed by atoms with E-state index in [2.05, 4.69) is 10.3 Å². The predicted octanol–water partition coefficient (Wildman–Crippen LogP) is 5.38. The van der Waals surface area contributed by atoms with E-state index in [0.717, 1.165) is 5.56 Å². The van der Waals surface area contributed by atoms with Crippen molar-refractivity contribution in [3.63, 3.8) is 0 Å². The van der Waals surface area contributed by atoms with Gasteiger partial charge in [0.1, 0.15) is 11.4 Å². The van der Waals surface area contributed by atoms with E-state index in [1.54, 1.807) is 44.9 Å². The lowest BCUT2D eigenvalue weighted by atomic mass is 9.81. The third kappa shape index (κ3) is 3.51. The lowest BCUT2D eigenvalue weighted by Crippen LogP contribution is -2.42. The van der Waals surface area contributed by atoms with Gasteiger partial charge in [-0.15, -0.1) is 0 Å². The molecule has 1 fully saturated rings. The molecule has 1 amide bonds. The van der Waals surface area contributed by atoms with Crippen molar-refractivity contribution in [2.24, 2.45) is 7.05 Å². The molecule has 0 aliphatic carbocycles. The number of nitrogens with zero attached hydrogens (tertiary/aromatic N) is 3. The number of amides is 1. The summed E-state index contributed by atoms with van der Waals surface area (Å²) in [4.78, 5) is 31.9. The summed E-state index contributed by atoms with van der Waals surface area (Å²) in [5.41, 5.74) is 0.0788. The van der Waals surface area contributed by atoms with Crippen LogP contribution in [0, 0.1) is 5.82 Å². The van der Waals surface area contributed by atoms with Gasteiger partial charge in [-0.05, 0) is 45.0 Å². The van der Waals surface area contributed by atoms with Crippen molar-refractivity contribution < 1.29 is 13.9 Å². The van der Waals surface area contributed by atoms with E-state index in [0.29, 0.717) is 23.0 Å². The van der Waals surface area contributed by atoms with E-state index in [9.17, 15) is 9.59 Å². The average Bonchev–Trinajstić information content (AvgIpc) is 3.07. The highest BCUT2D eigenvalue weighted by Gasteiger charge is 2.54. The second-order valence-corrected chi connectivity index (χ2v) is 10.7. The Morgan fingerprint density at radius 1 is 1.29 bits per heavy atom. The highest BCUT2D eigenvalue weighted by Crippen LogP contribution is 2.54. The third-order valence-electron chi connectivity index (χ3n) is 6.33. The van der Waals surface area contributed by atoms with Crippen LogP contribution in [0.1, 0.15) is 44.4 Å². The van der Waals surface area contributed by atoms with E-state index in [-0.39, 0.29) is 27.7 Å². The number of anilines is 1. The third-order valence-corrected chi connectivity index (χ3v) is 7.13. The van der Waals surface area contributed by atoms with Crippen LogP contribution in [0.3, 0.4) is 0 Å². The predicted molar refractivity (Wildman–Crippen MR) is 129 cm³/mol. The molecule has 2 atom stereocenters. The van der Waals surface area contributed by atoms with Crippen LogP contribution in [-0.2, 0) is 17.3 Å². The number of likely N-dealkylation sites (tertiary alicyclic amines) is 1. The number of carbonyl (C=O) groups excluding carboxylic acids is 1. The highest BCUT2D eigenvalue weighted by molar-refractivity contribution is 6.42. The van der Waals surface area contributed by atoms with E-state index < -0.39 is 29.1 Å². The Morgan fingerprint density at radius 2 is 2.03 bits per heavy atom. The Balaban J connectivity index is 1.73. The molecule has 2 aromatic carbocycles. The Morgan fingerprint density at radius 3 is 2.74 bits per heavy atom. The maximum absolute atomic E-state index is 15.2. The summed E-state index contributed by atoms with van der Waals surface area (Å²) in [6.45, 7) is 5.46. The second kappa shape index (κ2) is 7.58. The summed E-state index contributed by atoms with van der Waals surface area (Å²) < 4.78 is 22.3. The van der Waals surface area contributed by atoms with Crippen molar-refractivity contribution in [3.05, 3.63) is 67.9 Å². The minimum Gasteiger partial charge on any atom is -0.444 e. The molecule has 3 heterocycles. The largest absolute Gasteiger partial charge is 0.444 e. The molecule has 178 valence electrons. The SMILES string of the molecule is Cn1cnc2cc3c(cc2c1=O)N[C@]1(c2c(F)ccc(Cl)c2Cl)CC3N(C(=O)OC(C)(C)C)C1. The summed E-state index contributed by atoms with van der Waals surface area (Å²) in [6, 6.07) is 5.72. The summed E-state index contributed by atoms with van der Waals surface area (Å²) in [6.07, 6.45) is 1.27. The molecular weight excluding hydrogens is 482 g/mol. The standard InChI is InChI=1S/C24H23Cl2FN4O3/c1-23(2,3)34-22(33)31-10-24(19-15(27)6-5-14(25)20(19)26)9-18(31)12-7-16-13(8-17(12)29-24)21(32)30(4)11-28-16/h5-8,11,18,29H,9-10H2,1-4H3/t18?,24-/m1/s1. The second-order valence-electron chi connectivity index (χ2n) is 9.87. The molecule has 3 aromatic rings. The van der Waals surface area contributed by atoms with Crippen LogP contribution < -0.4 is 10.9 Å². The summed E-state index contributed by atoms with van der Waals surface area (Å²) in [5, 5.41) is 4.11. The van der Waals surface area contributed by atoms with Crippen LogP contribution in [0.5, 0.6) is 0 Å². The minimum atomic E-state index is -1.07. The first kappa shape index (κ1) is 22.9. The van der Waals surface area contributed by atoms with Crippen LogP contribution in [0.4, 0.5) is 14.9 Å². The quantitative estimate of drug-likeness (QED) is 0.450. The summed E-state index contributed by atoms with van der Waals surface area (Å²) in [7, 11) is 1.62. The van der Waals surface area contributed by atoms with Gasteiger partial charge in [0.25, 0.3) is 5.56 Å². The summed E-state index contributed by atoms with van der Waals surface area (Å²) >= 11 is 12.8. The van der Waals surface area contributed by atoms with Crippen molar-refractivity contribution in [2.75, 3.05) is 11.9 Å². The molecule has 0 spiro atoms. The van der Waals surface area contributed by atoms with Crippen LogP contribution in [0.15, 0.2) is 35.4 Å². The lowest BCUT2D eigenvalue weighted by molar-refractivity contribution is 0.0221. The van der Waals surface area contributed by atoms with Crippen molar-refractivity contribution in [1.82, 2.24) is 14.5 Å². The Hall–Kier alpha value is -2.84. The molecule has 34 heavy (non-hydrogen) atoms. The molecule has 5 rings (SSSR count). The van der Waals surface area contributed by atoms with Gasteiger partial charge in [-0.2, -0.15) is 0 Å². The van der Waals surface area contributed by atoms with Gasteiger partial charge in [-0.1, -0.05) is 23.2 Å². The average molecular weight is 505 g/mol. The maximum atomic E-state index is 15.2. The Bertz CT molecular complexity index is 1420. The fourth-order valence-corrected chi connectivity index (χ4v) is 5.40. The first-order valence-electron chi connectivity index (χ1n) is 10.8. The molecule has 1 unspecified atom stereocenters. The van der Waals surface area contributed by atoms with E-state index in [1.807, 2.05) is 0 Å². The normalized spacial score (nSPS) is 21.4. The number of ether oxygens (including phenoxy) is 1. The van der Waals surface area contributed by atoms with E-state index in [4.69, 9.17) is 27.9 Å². The molecule has 2 aliphatic rings. The van der Waals surface area contributed by atoms with Gasteiger partial charge in [-0.3, -0.25) is 9.69 Å². The van der Waals surface area contributed by atoms with E-state index >= 15 is 4.39 Å². The van der Waals surface area contributed by atoms with Crippen molar-refractivity contribution in [3.8, 4) is 0 Å². The number of rotatable bonds is 1. The van der Waals surface area contributed by atoms with Crippen LogP contribution in [-0.4, -0.2) is 32.7 Å². The minimum absolute atomic E-state index is 0.0841. The van der Waals surface area contributed by atoms with Gasteiger partial charge in [0.2, 0.25) is 0 Å². The zero-order valence-corrected chi connectivity index (χ0v) is 20.6. The number of hydrogen-bond acceptors (Lipinski definition) is 5. The smallest absolute Gasteiger partial charge is 0.410 e. The van der Waals surface area contributed by atoms with Crippen molar-refractivity contribution >= 4 is 45.9 Å². The Kier molecular flexibility index (Phi) is 5.11. The Labute approximate surface area is 205 Å². The topological polar surface area (TPSA) is 76.5 Å². The van der Waals surface area contributed by atoms with E-state index in [1.165, 1.54) is 23.0 Å². The van der Waals surface area contributed by atoms with Gasteiger partial charge in [0.15, 0.2) is 0 Å². The molecule has 1 saturated heterocycles. The van der Waals surface area contributed by atoms with Crippen molar-refractivity contribution in [2.45, 2.75) is 44.4 Å². The van der Waals surface area contributed by atoms with Gasteiger partial charge in [-0.25, -0.2) is 14.2 Å². The zero-order chi connectivity index (χ0) is 24.6. The monoisotopic (exact) mass is 504 g/mol. The highest BCUT2D eigenvalue weighted by atomic mass is 35.5. The molecule has 7 nitrogen and oxygen atoms in total. The maximum Gasteiger partial charge on any atom is 0.410 e. The van der Waals surface area contributed by atoms with Gasteiger partial charge >= 0.3 is 6.09 Å². The fraction of sp³-hybridized carbons (Fsp3) is 0.375. The molecular formula is C24H23Cl2FN4O3. The fourth-order valence-electron chi connectivity index (χ4n) is 4.91. The van der Waals surface area contributed by atoms with Gasteiger partial charge in [0, 0.05) is 30.3 Å². The van der Waals surface area contributed by atoms with Crippen LogP contribution >= 0.6 is 23.2 Å². The number of hydrogen-bond donors (Lipinski definition) is 1. The molecule has 1 aromatic heterocycles. The van der Waals surface area contributed by atoms with Crippen molar-refractivity contribution in [1.29, 1.82) is 0 Å². The zero-order valence-electron chi connectivity index (χ0n) is 19.1. The number of halogens is 3. The molecule has 2 bridgehead atoms. The number of carbonyl (C=O) groups is 1. The van der Waals surface area contributed by atoms with Crippen LogP contribution in [0.25, 0.3) is 10.9 Å². The molecule has 0 radical (unpaired) electrons. The molecule has 1 N–H and O–H groups in total. The first-order chi connectivity index (χ1) is 15.9. The number of benzene rings is 2. The van der Waals surface area contributed by atoms with Crippen LogP contribution in [0.2, 0.25) is 10.0 Å². The lowest BCUT2D eigenvalue weighted by Gasteiger charge is -2.36. The first-order valence-corrected chi connectivity index (χ1v) is 11.6. The molecule has 10 heteroatoms.